The zero-order valence-electron chi connectivity index (χ0n) is 52.6. The van der Waals surface area contributed by atoms with Crippen LogP contribution in [0.5, 0.6) is 0 Å². The highest BCUT2D eigenvalue weighted by Crippen LogP contribution is 2.38. The van der Waals surface area contributed by atoms with Gasteiger partial charge in [-0.05, 0) is 51.4 Å². The zero-order valence-corrected chi connectivity index (χ0v) is 53.5. The molecule has 9 heteroatoms. The highest BCUT2D eigenvalue weighted by atomic mass is 31.2. The van der Waals surface area contributed by atoms with Gasteiger partial charge in [0, 0.05) is 6.42 Å². The number of phosphoric acid groups is 1. The first-order valence-corrected chi connectivity index (χ1v) is 35.4. The minimum atomic E-state index is -4.58. The van der Waals surface area contributed by atoms with Gasteiger partial charge in [0.25, 0.3) is 7.82 Å². The molecule has 2 N–H and O–H groups in total. The van der Waals surface area contributed by atoms with E-state index in [-0.39, 0.29) is 19.1 Å². The SMILES string of the molecule is CC/C=C\C/C=C\C/C=C\C/C=C\CCCCCCCCCCCCCCCCCCCCCCC(=O)NC(COP(=O)([O-])OCC[N+](C)(C)C)C(O)CCCCCCCCCCCCCCCCCCCCCCCCC. The molecular formula is C69H133N2O6P. The minimum Gasteiger partial charge on any atom is -0.756 e. The first-order chi connectivity index (χ1) is 38.0. The fourth-order valence-electron chi connectivity index (χ4n) is 10.3. The number of hydrogen-bond acceptors (Lipinski definition) is 6. The summed E-state index contributed by atoms with van der Waals surface area (Å²) < 4.78 is 23.5. The van der Waals surface area contributed by atoms with Crippen molar-refractivity contribution in [3.8, 4) is 0 Å². The Kier molecular flexibility index (Phi) is 58.9. The van der Waals surface area contributed by atoms with Crippen molar-refractivity contribution in [1.82, 2.24) is 5.32 Å². The van der Waals surface area contributed by atoms with Crippen molar-refractivity contribution in [3.05, 3.63) is 48.6 Å². The predicted molar refractivity (Wildman–Crippen MR) is 339 cm³/mol. The first kappa shape index (κ1) is 76.5. The van der Waals surface area contributed by atoms with Crippen LogP contribution in [0.2, 0.25) is 0 Å². The summed E-state index contributed by atoms with van der Waals surface area (Å²) in [5, 5.41) is 14.1. The minimum absolute atomic E-state index is 0.0138. The van der Waals surface area contributed by atoms with Crippen molar-refractivity contribution < 1.29 is 32.9 Å². The maximum Gasteiger partial charge on any atom is 0.268 e. The monoisotopic (exact) mass is 1120 g/mol. The van der Waals surface area contributed by atoms with E-state index in [2.05, 4.69) is 67.8 Å². The van der Waals surface area contributed by atoms with E-state index in [9.17, 15) is 19.4 Å². The van der Waals surface area contributed by atoms with E-state index in [1.807, 2.05) is 21.1 Å². The lowest BCUT2D eigenvalue weighted by molar-refractivity contribution is -0.870. The number of hydrogen-bond donors (Lipinski definition) is 2. The smallest absolute Gasteiger partial charge is 0.268 e. The second-order valence-corrected chi connectivity index (χ2v) is 25.9. The van der Waals surface area contributed by atoms with Crippen LogP contribution in [0.1, 0.15) is 335 Å². The Bertz CT molecular complexity index is 1410. The summed E-state index contributed by atoms with van der Waals surface area (Å²) in [6.07, 6.45) is 80.4. The molecule has 0 saturated heterocycles. The van der Waals surface area contributed by atoms with Gasteiger partial charge in [0.15, 0.2) is 0 Å². The van der Waals surface area contributed by atoms with Crippen LogP contribution >= 0.6 is 7.82 Å². The van der Waals surface area contributed by atoms with E-state index in [4.69, 9.17) is 9.05 Å². The molecule has 0 aromatic rings. The number of unbranched alkanes of at least 4 members (excludes halogenated alkanes) is 42. The van der Waals surface area contributed by atoms with Crippen LogP contribution < -0.4 is 10.2 Å². The Morgan fingerprint density at radius 3 is 1.14 bits per heavy atom. The van der Waals surface area contributed by atoms with E-state index in [0.29, 0.717) is 23.9 Å². The number of amides is 1. The number of phosphoric ester groups is 1. The van der Waals surface area contributed by atoms with Crippen LogP contribution in [0.4, 0.5) is 0 Å². The predicted octanol–water partition coefficient (Wildman–Crippen LogP) is 20.8. The number of allylic oxidation sites excluding steroid dienone is 8. The quantitative estimate of drug-likeness (QED) is 0.0272. The van der Waals surface area contributed by atoms with Gasteiger partial charge >= 0.3 is 0 Å². The summed E-state index contributed by atoms with van der Waals surface area (Å²) in [5.74, 6) is -0.158. The van der Waals surface area contributed by atoms with Crippen molar-refractivity contribution >= 4 is 13.7 Å². The largest absolute Gasteiger partial charge is 0.756 e. The van der Waals surface area contributed by atoms with Gasteiger partial charge in [-0.1, -0.05) is 326 Å². The van der Waals surface area contributed by atoms with Gasteiger partial charge < -0.3 is 28.8 Å². The van der Waals surface area contributed by atoms with E-state index in [1.165, 1.54) is 244 Å². The summed E-state index contributed by atoms with van der Waals surface area (Å²) in [7, 11) is 1.32. The molecule has 0 radical (unpaired) electrons. The third kappa shape index (κ3) is 62.1. The Balaban J connectivity index is 4.00. The number of nitrogens with zero attached hydrogens (tertiary/aromatic N) is 1. The van der Waals surface area contributed by atoms with Crippen LogP contribution in [0, 0.1) is 0 Å². The molecule has 460 valence electrons. The third-order valence-electron chi connectivity index (χ3n) is 15.6. The van der Waals surface area contributed by atoms with E-state index in [1.54, 1.807) is 0 Å². The molecule has 3 atom stereocenters. The molecule has 0 aliphatic carbocycles. The van der Waals surface area contributed by atoms with Crippen molar-refractivity contribution in [2.75, 3.05) is 40.9 Å². The molecule has 3 unspecified atom stereocenters. The Morgan fingerprint density at radius 2 is 0.782 bits per heavy atom. The van der Waals surface area contributed by atoms with E-state index < -0.39 is 20.0 Å². The summed E-state index contributed by atoms with van der Waals surface area (Å²) in [6.45, 7) is 4.66. The van der Waals surface area contributed by atoms with Crippen molar-refractivity contribution in [1.29, 1.82) is 0 Å². The number of rotatable bonds is 63. The number of nitrogens with one attached hydrogen (secondary N) is 1. The maximum absolute atomic E-state index is 13.0. The highest BCUT2D eigenvalue weighted by Gasteiger charge is 2.24. The molecule has 0 bridgehead atoms. The molecule has 0 fully saturated rings. The van der Waals surface area contributed by atoms with E-state index >= 15 is 0 Å². The third-order valence-corrected chi connectivity index (χ3v) is 16.5. The van der Waals surface area contributed by atoms with Gasteiger partial charge in [-0.25, -0.2) is 0 Å². The van der Waals surface area contributed by atoms with Crippen molar-refractivity contribution in [2.45, 2.75) is 347 Å². The standard InChI is InChI=1S/C69H133N2O6P/c1-6-8-10-12-14-16-18-20-22-24-26-28-30-31-32-33-34-35-36-37-38-39-41-43-45-47-49-51-53-55-57-59-61-63-69(73)70-67(66-77-78(74,75)76-65-64-71(3,4)5)68(72)62-60-58-56-54-52-50-48-46-44-42-40-29-27-25-23-21-19-17-15-13-11-9-7-2/h8,10,14,16,20,22,26,28,67-68,72H,6-7,9,11-13,15,17-19,21,23-25,27,29-66H2,1-5H3,(H-,70,73,74,75)/b10-8-,16-14-,22-20-,28-26-. The second-order valence-electron chi connectivity index (χ2n) is 24.5. The number of carbonyl (C=O) groups is 1. The molecule has 0 heterocycles. The summed E-state index contributed by atoms with van der Waals surface area (Å²) in [5.41, 5.74) is 0. The lowest BCUT2D eigenvalue weighted by atomic mass is 10.0. The van der Waals surface area contributed by atoms with Gasteiger partial charge in [-0.3, -0.25) is 9.36 Å². The average molecular weight is 1120 g/mol. The molecule has 0 spiro atoms. The molecule has 0 saturated carbocycles. The number of aliphatic hydroxyl groups excluding tert-OH is 1. The van der Waals surface area contributed by atoms with Crippen LogP contribution in [-0.2, 0) is 18.4 Å². The van der Waals surface area contributed by atoms with Gasteiger partial charge in [-0.2, -0.15) is 0 Å². The molecule has 78 heavy (non-hydrogen) atoms. The maximum atomic E-state index is 13.0. The van der Waals surface area contributed by atoms with Crippen molar-refractivity contribution in [3.63, 3.8) is 0 Å². The average Bonchev–Trinajstić information content (AvgIpc) is 3.41. The summed E-state index contributed by atoms with van der Waals surface area (Å²) in [4.78, 5) is 25.6. The fraction of sp³-hybridized carbons (Fsp3) is 0.870. The van der Waals surface area contributed by atoms with Gasteiger partial charge in [-0.15, -0.1) is 0 Å². The normalized spacial score (nSPS) is 14.0. The lowest BCUT2D eigenvalue weighted by Gasteiger charge is -2.30. The topological polar surface area (TPSA) is 108 Å². The number of quaternary nitrogens is 1. The van der Waals surface area contributed by atoms with Gasteiger partial charge in [0.05, 0.1) is 39.9 Å². The molecule has 0 aliphatic heterocycles. The van der Waals surface area contributed by atoms with E-state index in [0.717, 1.165) is 64.2 Å². The molecule has 1 amide bonds. The number of likely N-dealkylation sites (N-methyl/N-ethyl adjacent to an activating group) is 1. The molecule has 0 aromatic heterocycles. The molecule has 8 nitrogen and oxygen atoms in total. The zero-order chi connectivity index (χ0) is 57.0. The summed E-state index contributed by atoms with van der Waals surface area (Å²) in [6, 6.07) is -0.801. The fourth-order valence-corrected chi connectivity index (χ4v) is 11.1. The second kappa shape index (κ2) is 60.1. The van der Waals surface area contributed by atoms with Crippen LogP contribution in [0.15, 0.2) is 48.6 Å². The molecule has 0 aliphatic rings. The molecule has 0 aromatic carbocycles. The van der Waals surface area contributed by atoms with Crippen LogP contribution in [0.3, 0.4) is 0 Å². The van der Waals surface area contributed by atoms with Gasteiger partial charge in [0.1, 0.15) is 13.2 Å². The lowest BCUT2D eigenvalue weighted by Crippen LogP contribution is -2.46. The number of carbonyl (C=O) groups excluding carboxylic acids is 1. The van der Waals surface area contributed by atoms with Gasteiger partial charge in [0.2, 0.25) is 5.91 Å². The molecular weight excluding hydrogens is 984 g/mol. The first-order valence-electron chi connectivity index (χ1n) is 34.0. The van der Waals surface area contributed by atoms with Crippen molar-refractivity contribution in [2.24, 2.45) is 0 Å². The highest BCUT2D eigenvalue weighted by molar-refractivity contribution is 7.45. The number of aliphatic hydroxyl groups is 1. The Morgan fingerprint density at radius 1 is 0.462 bits per heavy atom. The van der Waals surface area contributed by atoms with Crippen LogP contribution in [-0.4, -0.2) is 68.5 Å². The Labute approximate surface area is 486 Å². The summed E-state index contributed by atoms with van der Waals surface area (Å²) >= 11 is 0. The molecule has 0 rings (SSSR count). The Hall–Kier alpha value is -1.54. The van der Waals surface area contributed by atoms with Crippen LogP contribution in [0.25, 0.3) is 0 Å².